The van der Waals surface area contributed by atoms with Crippen molar-refractivity contribution < 1.29 is 14.3 Å². The normalized spacial score (nSPS) is 11.1. The number of carbonyl (C=O) groups is 1. The van der Waals surface area contributed by atoms with Crippen molar-refractivity contribution in [1.29, 1.82) is 0 Å². The van der Waals surface area contributed by atoms with Gasteiger partial charge >= 0.3 is 0 Å². The molecule has 41 heavy (non-hydrogen) atoms. The zero-order valence-corrected chi connectivity index (χ0v) is 24.4. The average molecular weight is 615 g/mol. The molecule has 9 nitrogen and oxygen atoms in total. The van der Waals surface area contributed by atoms with Gasteiger partial charge < -0.3 is 15.2 Å². The Morgan fingerprint density at radius 1 is 0.902 bits per heavy atom. The first-order chi connectivity index (χ1) is 19.4. The fraction of sp³-hybridized carbons (Fsp3) is 0.129. The summed E-state index contributed by atoms with van der Waals surface area (Å²) < 4.78 is 4.10. The lowest BCUT2D eigenvalue weighted by Crippen LogP contribution is -2.30. The molecule has 0 unspecified atom stereocenters. The zero-order chi connectivity index (χ0) is 28.1. The summed E-state index contributed by atoms with van der Waals surface area (Å²) in [4.78, 5) is 28.5. The highest BCUT2D eigenvalue weighted by Gasteiger charge is 2.10. The van der Waals surface area contributed by atoms with Crippen LogP contribution in [-0.4, -0.2) is 15.4 Å². The Hall–Kier alpha value is -4.83. The molecule has 5 aromatic rings. The van der Waals surface area contributed by atoms with E-state index in [0.717, 1.165) is 30.0 Å². The summed E-state index contributed by atoms with van der Waals surface area (Å²) in [5, 5.41) is 18.9. The smallest absolute Gasteiger partial charge is 0.270 e. The number of nitrogens with one attached hydrogen (secondary N) is 2. The van der Waals surface area contributed by atoms with E-state index in [1.165, 1.54) is 6.07 Å². The van der Waals surface area contributed by atoms with E-state index in [0.29, 0.717) is 27.7 Å². The molecule has 5 rings (SSSR count). The van der Waals surface area contributed by atoms with Crippen LogP contribution in [0.1, 0.15) is 24.2 Å². The number of carbonyl (C=O) groups excluding carboxylic acids is 1. The van der Waals surface area contributed by atoms with Gasteiger partial charge in [-0.2, -0.15) is 0 Å². The Bertz CT molecular complexity index is 1750. The van der Waals surface area contributed by atoms with E-state index < -0.39 is 4.92 Å². The summed E-state index contributed by atoms with van der Waals surface area (Å²) in [6.07, 6.45) is 5.95. The maximum absolute atomic E-state index is 12.8. The van der Waals surface area contributed by atoms with E-state index in [4.69, 9.17) is 4.99 Å². The molecule has 2 aromatic heterocycles. The quantitative estimate of drug-likeness (QED) is 0.116. The molecule has 0 aliphatic heterocycles. The van der Waals surface area contributed by atoms with E-state index >= 15 is 0 Å². The van der Waals surface area contributed by atoms with Crippen LogP contribution in [0.4, 0.5) is 28.4 Å². The lowest BCUT2D eigenvalue weighted by atomic mass is 10.1. The van der Waals surface area contributed by atoms with Crippen LogP contribution in [0.25, 0.3) is 10.9 Å². The number of non-ortho nitro benzene ring substituents is 1. The molecule has 0 saturated heterocycles. The number of pyridine rings is 2. The Kier molecular flexibility index (Phi) is 9.26. The number of halogens is 1. The van der Waals surface area contributed by atoms with Gasteiger partial charge in [0.15, 0.2) is 12.4 Å². The van der Waals surface area contributed by atoms with Crippen LogP contribution in [0.2, 0.25) is 0 Å². The molecule has 208 valence electrons. The van der Waals surface area contributed by atoms with Crippen molar-refractivity contribution in [2.75, 3.05) is 10.6 Å². The number of benzene rings is 3. The van der Waals surface area contributed by atoms with Gasteiger partial charge in [-0.3, -0.25) is 14.9 Å². The summed E-state index contributed by atoms with van der Waals surface area (Å²) in [6, 6.07) is 25.1. The lowest BCUT2D eigenvalue weighted by molar-refractivity contribution is -0.693. The highest BCUT2D eigenvalue weighted by atomic mass is 79.9. The first kappa shape index (κ1) is 29.2. The van der Waals surface area contributed by atoms with Gasteiger partial charge in [-0.15, -0.1) is 17.0 Å². The monoisotopic (exact) mass is 613 g/mol. The van der Waals surface area contributed by atoms with Crippen molar-refractivity contribution in [3.05, 3.63) is 125 Å². The lowest BCUT2D eigenvalue weighted by Gasteiger charge is -2.09. The largest absolute Gasteiger partial charge is 0.355 e. The molecule has 0 radical (unpaired) electrons. The minimum Gasteiger partial charge on any atom is -0.355 e. The number of rotatable bonds is 8. The molecule has 0 bridgehead atoms. The van der Waals surface area contributed by atoms with Crippen LogP contribution in [0.5, 0.6) is 0 Å². The topological polar surface area (TPSA) is 105 Å². The highest BCUT2D eigenvalue weighted by molar-refractivity contribution is 8.93. The molecule has 0 atom stereocenters. The summed E-state index contributed by atoms with van der Waals surface area (Å²) in [5.41, 5.74) is 4.59. The summed E-state index contributed by atoms with van der Waals surface area (Å²) in [6.45, 7) is 5.75. The van der Waals surface area contributed by atoms with Crippen molar-refractivity contribution in [1.82, 2.24) is 4.57 Å². The van der Waals surface area contributed by atoms with E-state index in [-0.39, 0.29) is 28.6 Å². The second kappa shape index (κ2) is 13.0. The number of hydrogen-bond acceptors (Lipinski definition) is 5. The van der Waals surface area contributed by atoms with Gasteiger partial charge in [-0.25, -0.2) is 9.56 Å². The van der Waals surface area contributed by atoms with Gasteiger partial charge in [-0.05, 0) is 74.5 Å². The van der Waals surface area contributed by atoms with Crippen LogP contribution in [0.15, 0.2) is 109 Å². The van der Waals surface area contributed by atoms with Crippen molar-refractivity contribution in [3.8, 4) is 0 Å². The molecular weight excluding hydrogens is 584 g/mol. The molecule has 2 heterocycles. The number of nitro benzene ring substituents is 1. The molecular formula is C31H30BrN6O3+. The molecule has 0 saturated carbocycles. The van der Waals surface area contributed by atoms with E-state index in [9.17, 15) is 14.9 Å². The van der Waals surface area contributed by atoms with Gasteiger partial charge in [-0.1, -0.05) is 0 Å². The van der Waals surface area contributed by atoms with Crippen molar-refractivity contribution in [3.63, 3.8) is 0 Å². The first-order valence-electron chi connectivity index (χ1n) is 13.0. The maximum atomic E-state index is 12.8. The number of amides is 1. The Morgan fingerprint density at radius 3 is 2.20 bits per heavy atom. The predicted molar refractivity (Wildman–Crippen MR) is 166 cm³/mol. The van der Waals surface area contributed by atoms with Gasteiger partial charge in [0.25, 0.3) is 11.6 Å². The highest BCUT2D eigenvalue weighted by Crippen LogP contribution is 2.21. The molecule has 1 amide bonds. The van der Waals surface area contributed by atoms with Crippen LogP contribution >= 0.6 is 17.0 Å². The number of nitrogens with zero attached hydrogens (tertiary/aromatic N) is 4. The fourth-order valence-corrected chi connectivity index (χ4v) is 4.38. The predicted octanol–water partition coefficient (Wildman–Crippen LogP) is 6.68. The van der Waals surface area contributed by atoms with Crippen molar-refractivity contribution in [2.24, 2.45) is 4.99 Å². The SMILES string of the molecule is Br.CCn1ccc(=Nc2ccc(C(=O)Nc3ccc(Nc4cc[n+](CC)cc4)cc3)cc2)c2cc([N+](=O)[O-])ccc21. The average Bonchev–Trinajstić information content (AvgIpc) is 2.98. The zero-order valence-electron chi connectivity index (χ0n) is 22.7. The second-order valence-electron chi connectivity index (χ2n) is 9.18. The first-order valence-corrected chi connectivity index (χ1v) is 13.0. The third kappa shape index (κ3) is 6.85. The molecule has 3 aromatic carbocycles. The minimum atomic E-state index is -0.408. The Balaban J connectivity index is 0.00000387. The fourth-order valence-electron chi connectivity index (χ4n) is 4.38. The number of aromatic nitrogens is 2. The number of anilines is 3. The van der Waals surface area contributed by atoms with Crippen LogP contribution < -0.4 is 20.6 Å². The third-order valence-electron chi connectivity index (χ3n) is 6.60. The van der Waals surface area contributed by atoms with Crippen molar-refractivity contribution >= 4 is 62.2 Å². The van der Waals surface area contributed by atoms with Crippen molar-refractivity contribution in [2.45, 2.75) is 26.9 Å². The van der Waals surface area contributed by atoms with Gasteiger partial charge in [0.2, 0.25) is 0 Å². The molecule has 0 aliphatic carbocycles. The third-order valence-corrected chi connectivity index (χ3v) is 6.60. The molecule has 0 aliphatic rings. The molecule has 0 fully saturated rings. The van der Waals surface area contributed by atoms with Gasteiger partial charge in [0, 0.05) is 59.3 Å². The molecule has 2 N–H and O–H groups in total. The minimum absolute atomic E-state index is 0. The van der Waals surface area contributed by atoms with E-state index in [2.05, 4.69) is 22.1 Å². The number of nitro groups is 1. The number of hydrogen-bond donors (Lipinski definition) is 2. The van der Waals surface area contributed by atoms with E-state index in [1.54, 1.807) is 36.4 Å². The number of aryl methyl sites for hydroxylation is 2. The number of fused-ring (bicyclic) bond motifs is 1. The summed E-state index contributed by atoms with van der Waals surface area (Å²) in [5.74, 6) is -0.232. The van der Waals surface area contributed by atoms with E-state index in [1.807, 2.05) is 72.5 Å². The summed E-state index contributed by atoms with van der Waals surface area (Å²) in [7, 11) is 0. The summed E-state index contributed by atoms with van der Waals surface area (Å²) >= 11 is 0. The Labute approximate surface area is 247 Å². The molecule has 10 heteroatoms. The Morgan fingerprint density at radius 2 is 1.56 bits per heavy atom. The standard InChI is InChI=1S/C31H28N6O3.BrH/c1-3-35-18-15-26(16-19-35)32-23-9-11-25(12-10-23)34-31(38)22-5-7-24(8-6-22)33-29-17-20-36(4-2)30-14-13-27(37(39)40)21-28(29)30;/h5-21H,3-4H2,1-2H3,(H,34,38);1H/p+1. The van der Waals surface area contributed by atoms with Crippen LogP contribution in [-0.2, 0) is 13.1 Å². The van der Waals surface area contributed by atoms with Crippen LogP contribution in [0.3, 0.4) is 0 Å². The van der Waals surface area contributed by atoms with Gasteiger partial charge in [0.1, 0.15) is 6.54 Å². The maximum Gasteiger partial charge on any atom is 0.270 e. The molecule has 0 spiro atoms. The van der Waals surface area contributed by atoms with Gasteiger partial charge in [0.05, 0.1) is 27.2 Å². The van der Waals surface area contributed by atoms with Crippen LogP contribution in [0, 0.1) is 10.1 Å². The second-order valence-corrected chi connectivity index (χ2v) is 9.18.